The molecule has 0 aliphatic heterocycles. The number of ether oxygens (including phenoxy) is 1. The van der Waals surface area contributed by atoms with Crippen LogP contribution in [0.15, 0.2) is 60.9 Å². The molecule has 0 spiro atoms. The lowest BCUT2D eigenvalue weighted by Gasteiger charge is -2.17. The molecule has 3 N–H and O–H groups in total. The maximum atomic E-state index is 12.5. The second-order valence-corrected chi connectivity index (χ2v) is 6.96. The smallest absolute Gasteiger partial charge is 0.354 e. The molecule has 3 aromatic rings. The highest BCUT2D eigenvalue weighted by Crippen LogP contribution is 2.29. The van der Waals surface area contributed by atoms with E-state index in [1.807, 2.05) is 48.5 Å². The molecule has 3 rings (SSSR count). The van der Waals surface area contributed by atoms with E-state index in [0.29, 0.717) is 0 Å². The van der Waals surface area contributed by atoms with Gasteiger partial charge in [-0.3, -0.25) is 9.59 Å². The number of nitrogens with zero attached hydrogens (tertiary/aromatic N) is 2. The summed E-state index contributed by atoms with van der Waals surface area (Å²) in [6, 6.07) is 15.4. The van der Waals surface area contributed by atoms with Gasteiger partial charge in [0.1, 0.15) is 17.8 Å². The van der Waals surface area contributed by atoms with Gasteiger partial charge in [-0.15, -0.1) is 0 Å². The Morgan fingerprint density at radius 2 is 1.69 bits per heavy atom. The Morgan fingerprint density at radius 1 is 1.00 bits per heavy atom. The third-order valence-corrected chi connectivity index (χ3v) is 4.73. The summed E-state index contributed by atoms with van der Waals surface area (Å²) in [4.78, 5) is 42.2. The van der Waals surface area contributed by atoms with Crippen molar-refractivity contribution in [2.45, 2.75) is 18.9 Å². The molecule has 2 aromatic carbocycles. The minimum absolute atomic E-state index is 0.153. The molecule has 0 aliphatic carbocycles. The second kappa shape index (κ2) is 10.2. The van der Waals surface area contributed by atoms with Crippen LogP contribution in [0.4, 0.5) is 0 Å². The van der Waals surface area contributed by atoms with Gasteiger partial charge in [0, 0.05) is 17.7 Å². The quantitative estimate of drug-likeness (QED) is 0.466. The van der Waals surface area contributed by atoms with E-state index in [4.69, 9.17) is 9.84 Å². The first-order valence-electron chi connectivity index (χ1n) is 9.67. The third-order valence-electron chi connectivity index (χ3n) is 4.73. The standard InChI is InChI=1S/C23H21N3O6/c1-32-20-5-3-2-4-17(20)15-8-6-14(7-9-15)10-16(11-21(27)28)26-22(29)18-12-19(23(30)31)25-13-24-18/h2-9,12-13,16H,10-11H2,1H3,(H,26,29)(H,27,28)(H,30,31)/t16-/m1/s1. The Hall–Kier alpha value is -4.27. The van der Waals surface area contributed by atoms with Crippen molar-refractivity contribution in [3.8, 4) is 16.9 Å². The van der Waals surface area contributed by atoms with Crippen LogP contribution in [0.3, 0.4) is 0 Å². The second-order valence-electron chi connectivity index (χ2n) is 6.96. The number of amides is 1. The first-order valence-corrected chi connectivity index (χ1v) is 9.67. The van der Waals surface area contributed by atoms with Crippen LogP contribution in [0, 0.1) is 0 Å². The molecular weight excluding hydrogens is 414 g/mol. The summed E-state index contributed by atoms with van der Waals surface area (Å²) in [5, 5.41) is 20.9. The monoisotopic (exact) mass is 435 g/mol. The van der Waals surface area contributed by atoms with Gasteiger partial charge >= 0.3 is 11.9 Å². The predicted octanol–water partition coefficient (Wildman–Crippen LogP) is 2.67. The molecule has 0 bridgehead atoms. The zero-order valence-corrected chi connectivity index (χ0v) is 17.2. The normalized spacial score (nSPS) is 11.4. The number of aromatic nitrogens is 2. The van der Waals surface area contributed by atoms with Crippen molar-refractivity contribution in [1.82, 2.24) is 15.3 Å². The summed E-state index contributed by atoms with van der Waals surface area (Å²) in [6.45, 7) is 0. The number of para-hydroxylation sites is 1. The van der Waals surface area contributed by atoms with E-state index in [1.54, 1.807) is 7.11 Å². The number of benzene rings is 2. The number of hydrogen-bond acceptors (Lipinski definition) is 6. The van der Waals surface area contributed by atoms with E-state index in [2.05, 4.69) is 15.3 Å². The molecule has 0 saturated heterocycles. The van der Waals surface area contributed by atoms with Gasteiger partial charge in [-0.05, 0) is 23.6 Å². The van der Waals surface area contributed by atoms with Crippen molar-refractivity contribution in [3.63, 3.8) is 0 Å². The molecule has 9 heteroatoms. The zero-order chi connectivity index (χ0) is 23.1. The fraction of sp³-hybridized carbons (Fsp3) is 0.174. The number of aliphatic carboxylic acids is 1. The lowest BCUT2D eigenvalue weighted by atomic mass is 9.99. The van der Waals surface area contributed by atoms with E-state index in [1.165, 1.54) is 0 Å². The molecular formula is C23H21N3O6. The lowest BCUT2D eigenvalue weighted by Crippen LogP contribution is -2.38. The fourth-order valence-electron chi connectivity index (χ4n) is 3.23. The molecule has 0 radical (unpaired) electrons. The highest BCUT2D eigenvalue weighted by Gasteiger charge is 2.20. The van der Waals surface area contributed by atoms with Crippen LogP contribution in [0.2, 0.25) is 0 Å². The van der Waals surface area contributed by atoms with E-state index in [9.17, 15) is 19.5 Å². The van der Waals surface area contributed by atoms with E-state index >= 15 is 0 Å². The Bertz CT molecular complexity index is 1130. The van der Waals surface area contributed by atoms with Crippen molar-refractivity contribution in [2.75, 3.05) is 7.11 Å². The van der Waals surface area contributed by atoms with Crippen molar-refractivity contribution < 1.29 is 29.3 Å². The van der Waals surface area contributed by atoms with Crippen molar-refractivity contribution in [1.29, 1.82) is 0 Å². The highest BCUT2D eigenvalue weighted by atomic mass is 16.5. The molecule has 164 valence electrons. The number of carbonyl (C=O) groups excluding carboxylic acids is 1. The van der Waals surface area contributed by atoms with E-state index in [0.717, 1.165) is 34.8 Å². The van der Waals surface area contributed by atoms with Crippen molar-refractivity contribution in [3.05, 3.63) is 77.9 Å². The highest BCUT2D eigenvalue weighted by molar-refractivity contribution is 5.95. The van der Waals surface area contributed by atoms with Crippen LogP contribution in [0.25, 0.3) is 11.1 Å². The minimum Gasteiger partial charge on any atom is -0.496 e. The van der Waals surface area contributed by atoms with Crippen LogP contribution in [-0.2, 0) is 11.2 Å². The first-order chi connectivity index (χ1) is 15.4. The summed E-state index contributed by atoms with van der Waals surface area (Å²) in [7, 11) is 1.60. The Labute approximate surface area is 183 Å². The average molecular weight is 435 g/mol. The number of nitrogens with one attached hydrogen (secondary N) is 1. The van der Waals surface area contributed by atoms with Crippen LogP contribution in [0.5, 0.6) is 5.75 Å². The summed E-state index contributed by atoms with van der Waals surface area (Å²) in [5.41, 5.74) is 2.21. The SMILES string of the molecule is COc1ccccc1-c1ccc(C[C@H](CC(=O)O)NC(=O)c2cc(C(=O)O)ncn2)cc1. The number of rotatable bonds is 9. The molecule has 1 heterocycles. The van der Waals surface area contributed by atoms with Crippen LogP contribution in [0.1, 0.15) is 33.0 Å². The Morgan fingerprint density at radius 3 is 2.34 bits per heavy atom. The average Bonchev–Trinajstić information content (AvgIpc) is 2.79. The Balaban J connectivity index is 1.75. The molecule has 1 atom stereocenters. The molecule has 9 nitrogen and oxygen atoms in total. The van der Waals surface area contributed by atoms with Gasteiger partial charge in [0.05, 0.1) is 13.5 Å². The van der Waals surface area contributed by atoms with Gasteiger partial charge in [-0.25, -0.2) is 14.8 Å². The summed E-state index contributed by atoms with van der Waals surface area (Å²) >= 11 is 0. The number of aromatic carboxylic acids is 1. The van der Waals surface area contributed by atoms with E-state index < -0.39 is 23.9 Å². The lowest BCUT2D eigenvalue weighted by molar-refractivity contribution is -0.137. The van der Waals surface area contributed by atoms with Gasteiger partial charge < -0.3 is 20.3 Å². The maximum absolute atomic E-state index is 12.5. The topological polar surface area (TPSA) is 139 Å². The molecule has 0 fully saturated rings. The number of carboxylic acids is 2. The number of hydrogen-bond donors (Lipinski definition) is 3. The van der Waals surface area contributed by atoms with Gasteiger partial charge in [0.25, 0.3) is 5.91 Å². The van der Waals surface area contributed by atoms with Crippen LogP contribution in [-0.4, -0.2) is 51.2 Å². The Kier molecular flexibility index (Phi) is 7.12. The van der Waals surface area contributed by atoms with Gasteiger partial charge in [0.2, 0.25) is 0 Å². The van der Waals surface area contributed by atoms with E-state index in [-0.39, 0.29) is 24.2 Å². The van der Waals surface area contributed by atoms with Crippen molar-refractivity contribution >= 4 is 17.8 Å². The largest absolute Gasteiger partial charge is 0.496 e. The fourth-order valence-corrected chi connectivity index (χ4v) is 3.23. The molecule has 0 unspecified atom stereocenters. The molecule has 0 saturated carbocycles. The van der Waals surface area contributed by atoms with Crippen LogP contribution < -0.4 is 10.1 Å². The number of carboxylic acid groups (broad SMARTS) is 2. The molecule has 1 amide bonds. The zero-order valence-electron chi connectivity index (χ0n) is 17.2. The minimum atomic E-state index is -1.29. The maximum Gasteiger partial charge on any atom is 0.354 e. The third kappa shape index (κ3) is 5.66. The molecule has 32 heavy (non-hydrogen) atoms. The predicted molar refractivity (Wildman–Crippen MR) is 115 cm³/mol. The number of methoxy groups -OCH3 is 1. The first kappa shape index (κ1) is 22.4. The summed E-state index contributed by atoms with van der Waals surface area (Å²) < 4.78 is 5.39. The van der Waals surface area contributed by atoms with Crippen LogP contribution >= 0.6 is 0 Å². The van der Waals surface area contributed by atoms with Gasteiger partial charge in [-0.1, -0.05) is 42.5 Å². The van der Waals surface area contributed by atoms with Crippen molar-refractivity contribution in [2.24, 2.45) is 0 Å². The summed E-state index contributed by atoms with van der Waals surface area (Å²) in [5.74, 6) is -2.30. The van der Waals surface area contributed by atoms with Gasteiger partial charge in [0.15, 0.2) is 5.69 Å². The number of carbonyl (C=O) groups is 3. The van der Waals surface area contributed by atoms with Gasteiger partial charge in [-0.2, -0.15) is 0 Å². The molecule has 1 aromatic heterocycles. The summed E-state index contributed by atoms with van der Waals surface area (Å²) in [6.07, 6.45) is 0.930. The molecule has 0 aliphatic rings.